The van der Waals surface area contributed by atoms with Gasteiger partial charge in [0.15, 0.2) is 5.13 Å². The number of rotatable bonds is 6. The third-order valence-electron chi connectivity index (χ3n) is 3.61. The van der Waals surface area contributed by atoms with E-state index in [1.807, 2.05) is 38.1 Å². The van der Waals surface area contributed by atoms with Gasteiger partial charge in [-0.1, -0.05) is 23.5 Å². The second kappa shape index (κ2) is 6.84. The van der Waals surface area contributed by atoms with Crippen LogP contribution in [0.4, 0.5) is 10.8 Å². The molecule has 0 bridgehead atoms. The maximum Gasteiger partial charge on any atom is 0.270 e. The first-order chi connectivity index (χ1) is 11.6. The number of non-ortho nitro benzene ring substituents is 1. The van der Waals surface area contributed by atoms with E-state index >= 15 is 0 Å². The lowest BCUT2D eigenvalue weighted by molar-refractivity contribution is -0.384. The van der Waals surface area contributed by atoms with Crippen molar-refractivity contribution in [2.45, 2.75) is 19.9 Å². The van der Waals surface area contributed by atoms with Crippen LogP contribution in [0.1, 0.15) is 25.5 Å². The zero-order valence-corrected chi connectivity index (χ0v) is 14.2. The molecule has 0 saturated carbocycles. The van der Waals surface area contributed by atoms with E-state index in [0.717, 1.165) is 26.7 Å². The van der Waals surface area contributed by atoms with Crippen molar-refractivity contribution in [3.8, 4) is 5.75 Å². The van der Waals surface area contributed by atoms with Gasteiger partial charge in [-0.15, -0.1) is 0 Å². The van der Waals surface area contributed by atoms with Gasteiger partial charge in [0.2, 0.25) is 0 Å². The van der Waals surface area contributed by atoms with Crippen molar-refractivity contribution in [2.24, 2.45) is 0 Å². The van der Waals surface area contributed by atoms with Crippen LogP contribution in [0.5, 0.6) is 5.75 Å². The summed E-state index contributed by atoms with van der Waals surface area (Å²) in [6.45, 7) is 4.64. The fourth-order valence-corrected chi connectivity index (χ4v) is 3.36. The van der Waals surface area contributed by atoms with E-state index in [9.17, 15) is 10.1 Å². The largest absolute Gasteiger partial charge is 0.494 e. The van der Waals surface area contributed by atoms with Crippen molar-refractivity contribution < 1.29 is 9.66 Å². The van der Waals surface area contributed by atoms with Crippen LogP contribution in [0.15, 0.2) is 42.5 Å². The Hall–Kier alpha value is -2.67. The van der Waals surface area contributed by atoms with Gasteiger partial charge in [-0.3, -0.25) is 10.1 Å². The number of nitrogens with one attached hydrogen (secondary N) is 1. The Balaban J connectivity index is 1.77. The monoisotopic (exact) mass is 343 g/mol. The van der Waals surface area contributed by atoms with Crippen LogP contribution in [0.2, 0.25) is 0 Å². The lowest BCUT2D eigenvalue weighted by Crippen LogP contribution is -2.06. The van der Waals surface area contributed by atoms with Gasteiger partial charge in [0.25, 0.3) is 5.69 Å². The van der Waals surface area contributed by atoms with Crippen LogP contribution >= 0.6 is 11.3 Å². The molecule has 0 saturated heterocycles. The molecule has 124 valence electrons. The fourth-order valence-electron chi connectivity index (χ4n) is 2.38. The number of thiazole rings is 1. The van der Waals surface area contributed by atoms with Crippen LogP contribution in [-0.2, 0) is 0 Å². The second-order valence-corrected chi connectivity index (χ2v) is 6.33. The first-order valence-corrected chi connectivity index (χ1v) is 8.42. The van der Waals surface area contributed by atoms with E-state index < -0.39 is 4.92 Å². The summed E-state index contributed by atoms with van der Waals surface area (Å²) >= 11 is 1.41. The van der Waals surface area contributed by atoms with E-state index in [1.54, 1.807) is 12.1 Å². The molecule has 0 aliphatic rings. The molecule has 3 rings (SSSR count). The minimum absolute atomic E-state index is 0.0659. The van der Waals surface area contributed by atoms with Crippen LogP contribution in [0.3, 0.4) is 0 Å². The predicted molar refractivity (Wildman–Crippen MR) is 95.9 cm³/mol. The quantitative estimate of drug-likeness (QED) is 0.515. The Bertz CT molecular complexity index is 861. The molecule has 0 radical (unpaired) electrons. The first-order valence-electron chi connectivity index (χ1n) is 7.61. The molecule has 6 nitrogen and oxygen atoms in total. The standard InChI is InChI=1S/C17H17N3O3S/c1-3-23-14-7-4-12(5-8-14)11(2)18-17-19-15-9-6-13(20(21)22)10-16(15)24-17/h4-11H,3H2,1-2H3,(H,18,19). The van der Waals surface area contributed by atoms with Gasteiger partial charge in [-0.2, -0.15) is 0 Å². The van der Waals surface area contributed by atoms with Crippen molar-refractivity contribution in [2.75, 3.05) is 11.9 Å². The molecule has 1 aromatic heterocycles. The van der Waals surface area contributed by atoms with Gasteiger partial charge in [-0.25, -0.2) is 4.98 Å². The van der Waals surface area contributed by atoms with E-state index in [1.165, 1.54) is 17.4 Å². The molecule has 2 aromatic carbocycles. The number of hydrogen-bond donors (Lipinski definition) is 1. The van der Waals surface area contributed by atoms with Crippen LogP contribution in [0, 0.1) is 10.1 Å². The average molecular weight is 343 g/mol. The third-order valence-corrected chi connectivity index (χ3v) is 4.56. The predicted octanol–water partition coefficient (Wildman–Crippen LogP) is 4.78. The van der Waals surface area contributed by atoms with E-state index in [4.69, 9.17) is 4.74 Å². The molecule has 1 unspecified atom stereocenters. The van der Waals surface area contributed by atoms with Crippen LogP contribution in [-0.4, -0.2) is 16.5 Å². The highest BCUT2D eigenvalue weighted by atomic mass is 32.1. The molecule has 1 atom stereocenters. The summed E-state index contributed by atoms with van der Waals surface area (Å²) in [5, 5.41) is 14.9. The van der Waals surface area contributed by atoms with Gasteiger partial charge < -0.3 is 10.1 Å². The minimum Gasteiger partial charge on any atom is -0.494 e. The molecule has 7 heteroatoms. The summed E-state index contributed by atoms with van der Waals surface area (Å²) in [6.07, 6.45) is 0. The Morgan fingerprint density at radius 1 is 1.29 bits per heavy atom. The lowest BCUT2D eigenvalue weighted by atomic mass is 10.1. The summed E-state index contributed by atoms with van der Waals surface area (Å²) in [5.41, 5.74) is 1.95. The van der Waals surface area contributed by atoms with E-state index in [2.05, 4.69) is 10.3 Å². The number of hydrogen-bond acceptors (Lipinski definition) is 6. The zero-order chi connectivity index (χ0) is 17.1. The highest BCUT2D eigenvalue weighted by Crippen LogP contribution is 2.31. The molecule has 1 heterocycles. The van der Waals surface area contributed by atoms with Gasteiger partial charge in [0.05, 0.1) is 27.8 Å². The number of nitrogens with zero attached hydrogens (tertiary/aromatic N) is 2. The van der Waals surface area contributed by atoms with Crippen molar-refractivity contribution in [3.05, 3.63) is 58.1 Å². The van der Waals surface area contributed by atoms with Crippen molar-refractivity contribution in [1.82, 2.24) is 4.98 Å². The molecule has 24 heavy (non-hydrogen) atoms. The van der Waals surface area contributed by atoms with Gasteiger partial charge in [-0.05, 0) is 37.6 Å². The number of ether oxygens (including phenoxy) is 1. The van der Waals surface area contributed by atoms with Crippen LogP contribution in [0.25, 0.3) is 10.2 Å². The molecule has 0 aliphatic carbocycles. The van der Waals surface area contributed by atoms with Gasteiger partial charge >= 0.3 is 0 Å². The Kier molecular flexibility index (Phi) is 4.61. The molecule has 3 aromatic rings. The average Bonchev–Trinajstić information content (AvgIpc) is 2.97. The molecule has 0 fully saturated rings. The SMILES string of the molecule is CCOc1ccc(C(C)Nc2nc3ccc([N+](=O)[O-])cc3s2)cc1. The second-order valence-electron chi connectivity index (χ2n) is 5.30. The summed E-state index contributed by atoms with van der Waals surface area (Å²) in [6, 6.07) is 12.7. The summed E-state index contributed by atoms with van der Waals surface area (Å²) in [7, 11) is 0. The minimum atomic E-state index is -0.394. The lowest BCUT2D eigenvalue weighted by Gasteiger charge is -2.13. The first kappa shape index (κ1) is 16.2. The van der Waals surface area contributed by atoms with E-state index in [-0.39, 0.29) is 11.7 Å². The Labute approximate surface area is 143 Å². The highest BCUT2D eigenvalue weighted by molar-refractivity contribution is 7.22. The summed E-state index contributed by atoms with van der Waals surface area (Å²) < 4.78 is 6.24. The van der Waals surface area contributed by atoms with E-state index in [0.29, 0.717) is 6.61 Å². The Morgan fingerprint density at radius 3 is 2.71 bits per heavy atom. The van der Waals surface area contributed by atoms with Gasteiger partial charge in [0.1, 0.15) is 5.75 Å². The van der Waals surface area contributed by atoms with Crippen molar-refractivity contribution in [1.29, 1.82) is 0 Å². The Morgan fingerprint density at radius 2 is 2.04 bits per heavy atom. The molecule has 1 N–H and O–H groups in total. The fraction of sp³-hybridized carbons (Fsp3) is 0.235. The number of fused-ring (bicyclic) bond motifs is 1. The molecular formula is C17H17N3O3S. The smallest absolute Gasteiger partial charge is 0.270 e. The normalized spacial score (nSPS) is 12.1. The molecular weight excluding hydrogens is 326 g/mol. The number of nitro benzene ring substituents is 1. The molecule has 0 amide bonds. The maximum absolute atomic E-state index is 10.9. The molecule has 0 aliphatic heterocycles. The number of aromatic nitrogens is 1. The summed E-state index contributed by atoms with van der Waals surface area (Å²) in [4.78, 5) is 14.9. The number of nitro groups is 1. The molecule has 0 spiro atoms. The number of benzene rings is 2. The third kappa shape index (κ3) is 3.46. The van der Waals surface area contributed by atoms with Crippen LogP contribution < -0.4 is 10.1 Å². The summed E-state index contributed by atoms with van der Waals surface area (Å²) in [5.74, 6) is 0.848. The van der Waals surface area contributed by atoms with Gasteiger partial charge in [0, 0.05) is 12.1 Å². The topological polar surface area (TPSA) is 77.3 Å². The zero-order valence-electron chi connectivity index (χ0n) is 13.4. The number of anilines is 1. The highest BCUT2D eigenvalue weighted by Gasteiger charge is 2.12. The van der Waals surface area contributed by atoms with Crippen molar-refractivity contribution >= 4 is 32.4 Å². The maximum atomic E-state index is 10.9. The van der Waals surface area contributed by atoms with Crippen molar-refractivity contribution in [3.63, 3.8) is 0 Å².